The van der Waals surface area contributed by atoms with Gasteiger partial charge in [0.05, 0.1) is 0 Å². The summed E-state index contributed by atoms with van der Waals surface area (Å²) in [5.41, 5.74) is 6.28. The molecule has 0 spiro atoms. The van der Waals surface area contributed by atoms with Gasteiger partial charge in [-0.05, 0) is 52.4 Å². The minimum Gasteiger partial charge on any atom is -0.489 e. The minimum absolute atomic E-state index is 0.477. The first-order chi connectivity index (χ1) is 6.22. The van der Waals surface area contributed by atoms with E-state index in [0.717, 1.165) is 11.3 Å². The van der Waals surface area contributed by atoms with E-state index in [-0.39, 0.29) is 0 Å². The second-order valence-corrected chi connectivity index (χ2v) is 3.94. The molecule has 1 rings (SSSR count). The van der Waals surface area contributed by atoms with Crippen LogP contribution in [0.25, 0.3) is 0 Å². The summed E-state index contributed by atoms with van der Waals surface area (Å²) in [5.74, 6) is 0.856. The molecular weight excluding hydrogens is 277 g/mol. The van der Waals surface area contributed by atoms with E-state index in [0.29, 0.717) is 13.2 Å². The molecule has 2 N–H and O–H groups in total. The standard InChI is InChI=1S/C10H12INO/c1-8(6-12)7-13-10-4-2-9(11)3-5-10/h2-5H,1,6-7,12H2. The lowest BCUT2D eigenvalue weighted by atomic mass is 10.3. The Morgan fingerprint density at radius 2 is 2.00 bits per heavy atom. The van der Waals surface area contributed by atoms with Crippen molar-refractivity contribution in [1.82, 2.24) is 0 Å². The van der Waals surface area contributed by atoms with Gasteiger partial charge in [0, 0.05) is 10.1 Å². The smallest absolute Gasteiger partial charge is 0.119 e. The van der Waals surface area contributed by atoms with Crippen molar-refractivity contribution in [2.45, 2.75) is 0 Å². The Kier molecular flexibility index (Phi) is 4.24. The highest BCUT2D eigenvalue weighted by molar-refractivity contribution is 14.1. The Balaban J connectivity index is 2.46. The lowest BCUT2D eigenvalue weighted by Crippen LogP contribution is -2.09. The second kappa shape index (κ2) is 5.24. The number of ether oxygens (including phenoxy) is 1. The van der Waals surface area contributed by atoms with Crippen molar-refractivity contribution >= 4 is 22.6 Å². The maximum Gasteiger partial charge on any atom is 0.119 e. The van der Waals surface area contributed by atoms with E-state index in [9.17, 15) is 0 Å². The van der Waals surface area contributed by atoms with Crippen molar-refractivity contribution in [1.29, 1.82) is 0 Å². The Morgan fingerprint density at radius 1 is 1.38 bits per heavy atom. The third-order valence-corrected chi connectivity index (χ3v) is 2.26. The van der Waals surface area contributed by atoms with Crippen molar-refractivity contribution < 1.29 is 4.74 Å². The first kappa shape index (κ1) is 10.5. The van der Waals surface area contributed by atoms with Crippen molar-refractivity contribution in [3.05, 3.63) is 40.0 Å². The SMILES string of the molecule is C=C(CN)COc1ccc(I)cc1. The lowest BCUT2D eigenvalue weighted by molar-refractivity contribution is 0.351. The molecule has 0 amide bonds. The van der Waals surface area contributed by atoms with Gasteiger partial charge in [-0.3, -0.25) is 0 Å². The highest BCUT2D eigenvalue weighted by Gasteiger charge is 1.94. The topological polar surface area (TPSA) is 35.2 Å². The number of halogens is 1. The van der Waals surface area contributed by atoms with E-state index in [1.54, 1.807) is 0 Å². The number of rotatable bonds is 4. The Hall–Kier alpha value is -0.550. The molecule has 3 heteroatoms. The van der Waals surface area contributed by atoms with E-state index in [1.165, 1.54) is 3.57 Å². The zero-order valence-corrected chi connectivity index (χ0v) is 9.45. The summed E-state index contributed by atoms with van der Waals surface area (Å²) in [5, 5.41) is 0. The number of nitrogens with two attached hydrogens (primary N) is 1. The average molecular weight is 289 g/mol. The Bertz CT molecular complexity index is 281. The molecule has 0 radical (unpaired) electrons. The van der Waals surface area contributed by atoms with E-state index in [4.69, 9.17) is 10.5 Å². The molecule has 0 aliphatic carbocycles. The fraction of sp³-hybridized carbons (Fsp3) is 0.200. The van der Waals surface area contributed by atoms with Crippen LogP contribution in [0, 0.1) is 3.57 Å². The number of hydrogen-bond donors (Lipinski definition) is 1. The van der Waals surface area contributed by atoms with Gasteiger partial charge >= 0.3 is 0 Å². The molecule has 0 aromatic heterocycles. The van der Waals surface area contributed by atoms with Crippen LogP contribution >= 0.6 is 22.6 Å². The highest BCUT2D eigenvalue weighted by atomic mass is 127. The third kappa shape index (κ3) is 3.78. The van der Waals surface area contributed by atoms with Crippen LogP contribution in [0.5, 0.6) is 5.75 Å². The van der Waals surface area contributed by atoms with E-state index in [1.807, 2.05) is 24.3 Å². The zero-order chi connectivity index (χ0) is 9.68. The van der Waals surface area contributed by atoms with Gasteiger partial charge in [-0.1, -0.05) is 6.58 Å². The first-order valence-electron chi connectivity index (χ1n) is 3.97. The number of hydrogen-bond acceptors (Lipinski definition) is 2. The van der Waals surface area contributed by atoms with Crippen LogP contribution in [0.15, 0.2) is 36.4 Å². The van der Waals surface area contributed by atoms with Crippen molar-refractivity contribution in [3.63, 3.8) is 0 Å². The summed E-state index contributed by atoms with van der Waals surface area (Å²) < 4.78 is 6.63. The maximum absolute atomic E-state index is 5.43. The lowest BCUT2D eigenvalue weighted by Gasteiger charge is -2.06. The Labute approximate surface area is 91.9 Å². The maximum atomic E-state index is 5.43. The monoisotopic (exact) mass is 289 g/mol. The molecule has 0 aliphatic heterocycles. The molecule has 0 aliphatic rings. The van der Waals surface area contributed by atoms with Gasteiger partial charge in [0.15, 0.2) is 0 Å². The van der Waals surface area contributed by atoms with Gasteiger partial charge < -0.3 is 10.5 Å². The van der Waals surface area contributed by atoms with Crippen molar-refractivity contribution in [2.75, 3.05) is 13.2 Å². The molecule has 1 aromatic rings. The van der Waals surface area contributed by atoms with Gasteiger partial charge in [0.25, 0.3) is 0 Å². The van der Waals surface area contributed by atoms with Gasteiger partial charge in [0.1, 0.15) is 12.4 Å². The quantitative estimate of drug-likeness (QED) is 0.681. The van der Waals surface area contributed by atoms with Crippen LogP contribution in [-0.2, 0) is 0 Å². The molecule has 2 nitrogen and oxygen atoms in total. The molecule has 0 atom stereocenters. The first-order valence-corrected chi connectivity index (χ1v) is 5.05. The molecule has 0 bridgehead atoms. The number of benzene rings is 1. The highest BCUT2D eigenvalue weighted by Crippen LogP contribution is 2.13. The van der Waals surface area contributed by atoms with E-state index >= 15 is 0 Å². The summed E-state index contributed by atoms with van der Waals surface area (Å²) in [6.45, 7) is 4.73. The van der Waals surface area contributed by atoms with E-state index in [2.05, 4.69) is 29.2 Å². The molecule has 0 heterocycles. The molecule has 70 valence electrons. The van der Waals surface area contributed by atoms with Crippen LogP contribution in [0.1, 0.15) is 0 Å². The summed E-state index contributed by atoms with van der Waals surface area (Å²) in [4.78, 5) is 0. The van der Waals surface area contributed by atoms with Crippen LogP contribution in [0.4, 0.5) is 0 Å². The zero-order valence-electron chi connectivity index (χ0n) is 7.29. The van der Waals surface area contributed by atoms with Crippen LogP contribution in [-0.4, -0.2) is 13.2 Å². The molecule has 0 fully saturated rings. The molecule has 0 saturated carbocycles. The van der Waals surface area contributed by atoms with Crippen molar-refractivity contribution in [2.24, 2.45) is 5.73 Å². The normalized spacial score (nSPS) is 9.69. The van der Waals surface area contributed by atoms with Crippen LogP contribution in [0.3, 0.4) is 0 Å². The van der Waals surface area contributed by atoms with Crippen molar-refractivity contribution in [3.8, 4) is 5.75 Å². The van der Waals surface area contributed by atoms with Crippen LogP contribution in [0.2, 0.25) is 0 Å². The fourth-order valence-electron chi connectivity index (χ4n) is 0.775. The summed E-state index contributed by atoms with van der Waals surface area (Å²) in [6.07, 6.45) is 0. The summed E-state index contributed by atoms with van der Waals surface area (Å²) in [7, 11) is 0. The second-order valence-electron chi connectivity index (χ2n) is 2.70. The largest absolute Gasteiger partial charge is 0.489 e. The van der Waals surface area contributed by atoms with Gasteiger partial charge in [0.2, 0.25) is 0 Å². The van der Waals surface area contributed by atoms with Gasteiger partial charge in [-0.15, -0.1) is 0 Å². The van der Waals surface area contributed by atoms with Gasteiger partial charge in [-0.25, -0.2) is 0 Å². The van der Waals surface area contributed by atoms with Crippen LogP contribution < -0.4 is 10.5 Å². The predicted molar refractivity (Wildman–Crippen MR) is 62.8 cm³/mol. The summed E-state index contributed by atoms with van der Waals surface area (Å²) in [6, 6.07) is 7.87. The van der Waals surface area contributed by atoms with E-state index < -0.39 is 0 Å². The van der Waals surface area contributed by atoms with Gasteiger partial charge in [-0.2, -0.15) is 0 Å². The molecular formula is C10H12INO. The molecule has 1 aromatic carbocycles. The third-order valence-electron chi connectivity index (χ3n) is 1.55. The predicted octanol–water partition coefficient (Wildman–Crippen LogP) is 2.18. The average Bonchev–Trinajstić information content (AvgIpc) is 2.16. The Morgan fingerprint density at radius 3 is 2.54 bits per heavy atom. The molecule has 0 unspecified atom stereocenters. The molecule has 0 saturated heterocycles. The molecule has 13 heavy (non-hydrogen) atoms. The summed E-state index contributed by atoms with van der Waals surface area (Å²) >= 11 is 2.25. The minimum atomic E-state index is 0.477. The fourth-order valence-corrected chi connectivity index (χ4v) is 1.13.